The molecule has 0 unspecified atom stereocenters. The molecule has 0 N–H and O–H groups in total. The molecule has 4 aromatic rings. The van der Waals surface area contributed by atoms with Gasteiger partial charge in [-0.05, 0) is 12.1 Å². The van der Waals surface area contributed by atoms with E-state index < -0.39 is 0 Å². The zero-order valence-electron chi connectivity index (χ0n) is 15.6. The Morgan fingerprint density at radius 3 is 1.83 bits per heavy atom. The van der Waals surface area contributed by atoms with Crippen LogP contribution in [0.4, 0.5) is 11.6 Å². The third-order valence-electron chi connectivity index (χ3n) is 4.19. The third kappa shape index (κ3) is 4.55. The number of benzene rings is 3. The van der Waals surface area contributed by atoms with Crippen molar-refractivity contribution in [3.63, 3.8) is 0 Å². The molecule has 3 aromatic carbocycles. The Morgan fingerprint density at radius 2 is 1.28 bits per heavy atom. The van der Waals surface area contributed by atoms with Crippen molar-refractivity contribution in [1.29, 1.82) is 0 Å². The van der Waals surface area contributed by atoms with E-state index in [1.54, 1.807) is 12.1 Å². The minimum atomic E-state index is 0.234. The Morgan fingerprint density at radius 1 is 0.724 bits per heavy atom. The van der Waals surface area contributed by atoms with Crippen LogP contribution >= 0.6 is 0 Å². The van der Waals surface area contributed by atoms with Crippen LogP contribution in [0.1, 0.15) is 11.1 Å². The summed E-state index contributed by atoms with van der Waals surface area (Å²) < 4.78 is 5.90. The summed E-state index contributed by atoms with van der Waals surface area (Å²) in [5.41, 5.74) is 2.73. The topological polar surface area (TPSA) is 38.8 Å². The van der Waals surface area contributed by atoms with Gasteiger partial charge < -0.3 is 9.58 Å². The SMILES string of the molecule is [C-]#[N+]c1cc(Oc2ccccc2)cc(N=C(c2ccccc2)c2ccccc2)n1. The summed E-state index contributed by atoms with van der Waals surface area (Å²) >= 11 is 0. The Hall–Kier alpha value is -4.23. The Labute approximate surface area is 169 Å². The highest BCUT2D eigenvalue weighted by Crippen LogP contribution is 2.29. The van der Waals surface area contributed by atoms with Gasteiger partial charge in [-0.2, -0.15) is 0 Å². The van der Waals surface area contributed by atoms with Crippen LogP contribution < -0.4 is 4.74 Å². The van der Waals surface area contributed by atoms with Crippen molar-refractivity contribution >= 4 is 17.3 Å². The van der Waals surface area contributed by atoms with Crippen LogP contribution in [0.25, 0.3) is 4.85 Å². The standard InChI is InChI=1S/C25H17N3O/c1-26-23-17-22(29-21-15-9-4-10-16-21)18-24(27-23)28-25(19-11-5-2-6-12-19)20-13-7-3-8-14-20/h2-18H. The molecule has 1 aromatic heterocycles. The number of nitrogens with zero attached hydrogens (tertiary/aromatic N) is 3. The Kier molecular flexibility index (Phi) is 5.41. The van der Waals surface area contributed by atoms with Crippen LogP contribution in [0, 0.1) is 6.57 Å². The van der Waals surface area contributed by atoms with Crippen molar-refractivity contribution in [1.82, 2.24) is 4.98 Å². The first-order chi connectivity index (χ1) is 14.3. The zero-order valence-corrected chi connectivity index (χ0v) is 15.6. The molecular formula is C25H17N3O. The van der Waals surface area contributed by atoms with Gasteiger partial charge in [0.2, 0.25) is 0 Å². The summed E-state index contributed by atoms with van der Waals surface area (Å²) in [6, 6.07) is 32.6. The number of ether oxygens (including phenoxy) is 1. The van der Waals surface area contributed by atoms with Gasteiger partial charge in [-0.15, -0.1) is 4.98 Å². The monoisotopic (exact) mass is 375 g/mol. The molecule has 0 atom stereocenters. The second-order valence-electron chi connectivity index (χ2n) is 6.24. The van der Waals surface area contributed by atoms with E-state index in [4.69, 9.17) is 16.3 Å². The number of hydrogen-bond acceptors (Lipinski definition) is 3. The van der Waals surface area contributed by atoms with Crippen LogP contribution in [-0.4, -0.2) is 10.7 Å². The van der Waals surface area contributed by atoms with Gasteiger partial charge in [-0.1, -0.05) is 85.4 Å². The zero-order chi connectivity index (χ0) is 19.9. The van der Waals surface area contributed by atoms with E-state index in [9.17, 15) is 0 Å². The molecule has 0 amide bonds. The average Bonchev–Trinajstić information content (AvgIpc) is 2.79. The molecule has 0 bridgehead atoms. The molecule has 4 nitrogen and oxygen atoms in total. The van der Waals surface area contributed by atoms with Gasteiger partial charge in [-0.3, -0.25) is 0 Å². The maximum Gasteiger partial charge on any atom is 0.275 e. The molecule has 0 spiro atoms. The highest BCUT2D eigenvalue weighted by molar-refractivity contribution is 6.13. The van der Waals surface area contributed by atoms with E-state index in [1.807, 2.05) is 91.0 Å². The summed E-state index contributed by atoms with van der Waals surface area (Å²) in [6.07, 6.45) is 0. The fourth-order valence-electron chi connectivity index (χ4n) is 2.88. The summed E-state index contributed by atoms with van der Waals surface area (Å²) in [5, 5.41) is 0. The van der Waals surface area contributed by atoms with Crippen LogP contribution in [0.15, 0.2) is 108 Å². The second kappa shape index (κ2) is 8.64. The predicted octanol–water partition coefficient (Wildman–Crippen LogP) is 6.59. The van der Waals surface area contributed by atoms with Gasteiger partial charge in [0, 0.05) is 23.3 Å². The van der Waals surface area contributed by atoms with Gasteiger partial charge in [0.05, 0.1) is 5.71 Å². The van der Waals surface area contributed by atoms with Crippen LogP contribution in [-0.2, 0) is 0 Å². The second-order valence-corrected chi connectivity index (χ2v) is 6.24. The lowest BCUT2D eigenvalue weighted by atomic mass is 10.0. The Bertz CT molecular complexity index is 1120. The van der Waals surface area contributed by atoms with E-state index in [-0.39, 0.29) is 5.82 Å². The lowest BCUT2D eigenvalue weighted by Crippen LogP contribution is -2.02. The van der Waals surface area contributed by atoms with Crippen molar-refractivity contribution < 1.29 is 4.74 Å². The van der Waals surface area contributed by atoms with Gasteiger partial charge in [0.15, 0.2) is 0 Å². The summed E-state index contributed by atoms with van der Waals surface area (Å²) in [5.74, 6) is 1.87. The van der Waals surface area contributed by atoms with Crippen LogP contribution in [0.5, 0.6) is 11.5 Å². The molecule has 0 radical (unpaired) electrons. The molecule has 0 aliphatic carbocycles. The van der Waals surface area contributed by atoms with Crippen molar-refractivity contribution in [2.45, 2.75) is 0 Å². The minimum absolute atomic E-state index is 0.234. The van der Waals surface area contributed by atoms with Crippen LogP contribution in [0.2, 0.25) is 0 Å². The molecule has 29 heavy (non-hydrogen) atoms. The number of aromatic nitrogens is 1. The summed E-state index contributed by atoms with van der Waals surface area (Å²) in [7, 11) is 0. The third-order valence-corrected chi connectivity index (χ3v) is 4.19. The quantitative estimate of drug-likeness (QED) is 0.291. The van der Waals surface area contributed by atoms with E-state index in [0.29, 0.717) is 17.3 Å². The highest BCUT2D eigenvalue weighted by atomic mass is 16.5. The number of rotatable bonds is 5. The predicted molar refractivity (Wildman–Crippen MR) is 115 cm³/mol. The molecule has 4 rings (SSSR count). The minimum Gasteiger partial charge on any atom is -0.458 e. The maximum atomic E-state index is 7.39. The fourth-order valence-corrected chi connectivity index (χ4v) is 2.88. The molecule has 0 aliphatic heterocycles. The summed E-state index contributed by atoms with van der Waals surface area (Å²) in [6.45, 7) is 7.39. The highest BCUT2D eigenvalue weighted by Gasteiger charge is 2.11. The van der Waals surface area contributed by atoms with Crippen molar-refractivity contribution in [3.05, 3.63) is 126 Å². The molecule has 0 saturated heterocycles. The molecule has 0 fully saturated rings. The smallest absolute Gasteiger partial charge is 0.275 e. The van der Waals surface area contributed by atoms with Gasteiger partial charge in [-0.25, -0.2) is 4.99 Å². The normalized spacial score (nSPS) is 10.0. The van der Waals surface area contributed by atoms with Crippen molar-refractivity contribution in [2.24, 2.45) is 4.99 Å². The Balaban J connectivity index is 1.80. The number of hydrogen-bond donors (Lipinski definition) is 0. The van der Waals surface area contributed by atoms with Gasteiger partial charge in [0.25, 0.3) is 11.6 Å². The molecule has 0 saturated carbocycles. The van der Waals surface area contributed by atoms with Gasteiger partial charge >= 0.3 is 0 Å². The largest absolute Gasteiger partial charge is 0.458 e. The van der Waals surface area contributed by atoms with Crippen molar-refractivity contribution in [2.75, 3.05) is 0 Å². The first-order valence-electron chi connectivity index (χ1n) is 9.14. The molecular weight excluding hydrogens is 358 g/mol. The van der Waals surface area contributed by atoms with E-state index >= 15 is 0 Å². The number of pyridine rings is 1. The van der Waals surface area contributed by atoms with E-state index in [1.165, 1.54) is 0 Å². The van der Waals surface area contributed by atoms with Gasteiger partial charge in [0.1, 0.15) is 11.5 Å². The number of para-hydroxylation sites is 1. The maximum absolute atomic E-state index is 7.39. The fraction of sp³-hybridized carbons (Fsp3) is 0. The van der Waals surface area contributed by atoms with Crippen LogP contribution in [0.3, 0.4) is 0 Å². The molecule has 4 heteroatoms. The first-order valence-corrected chi connectivity index (χ1v) is 9.14. The van der Waals surface area contributed by atoms with Crippen molar-refractivity contribution in [3.8, 4) is 11.5 Å². The average molecular weight is 375 g/mol. The molecule has 1 heterocycles. The number of aliphatic imine (C=N–C) groups is 1. The van der Waals surface area contributed by atoms with E-state index in [2.05, 4.69) is 9.83 Å². The lowest BCUT2D eigenvalue weighted by molar-refractivity contribution is 0.482. The molecule has 0 aliphatic rings. The first kappa shape index (κ1) is 18.1. The van der Waals surface area contributed by atoms with E-state index in [0.717, 1.165) is 16.8 Å². The lowest BCUT2D eigenvalue weighted by Gasteiger charge is -2.08. The molecule has 138 valence electrons. The summed E-state index contributed by atoms with van der Waals surface area (Å²) in [4.78, 5) is 12.6.